The van der Waals surface area contributed by atoms with Gasteiger partial charge in [0.25, 0.3) is 0 Å². The molecule has 0 spiro atoms. The summed E-state index contributed by atoms with van der Waals surface area (Å²) in [7, 11) is 1.36. The summed E-state index contributed by atoms with van der Waals surface area (Å²) in [5, 5.41) is 10.8. The lowest BCUT2D eigenvalue weighted by molar-refractivity contribution is -0.140. The summed E-state index contributed by atoms with van der Waals surface area (Å²) in [6.07, 6.45) is -4.71. The minimum Gasteiger partial charge on any atom is -0.494 e. The molecule has 2 aromatic heterocycles. The molecule has 0 radical (unpaired) electrons. The van der Waals surface area contributed by atoms with Gasteiger partial charge < -0.3 is 20.0 Å². The Morgan fingerprint density at radius 1 is 1.14 bits per heavy atom. The second kappa shape index (κ2) is 9.51. The van der Waals surface area contributed by atoms with Gasteiger partial charge in [0.15, 0.2) is 0 Å². The highest BCUT2D eigenvalue weighted by Gasteiger charge is 2.33. The molecule has 188 valence electrons. The number of benzene rings is 2. The van der Waals surface area contributed by atoms with Crippen LogP contribution in [0.4, 0.5) is 13.2 Å². The number of nitrogens with one attached hydrogen (secondary N) is 1. The van der Waals surface area contributed by atoms with Crippen LogP contribution in [0.5, 0.6) is 5.75 Å². The molecular formula is C25H23F3N4O4. The summed E-state index contributed by atoms with van der Waals surface area (Å²) in [6.45, 7) is 0.0249. The van der Waals surface area contributed by atoms with Crippen LogP contribution in [0.1, 0.15) is 34.3 Å². The fourth-order valence-electron chi connectivity index (χ4n) is 4.39. The average molecular weight is 500 g/mol. The number of halogens is 3. The van der Waals surface area contributed by atoms with E-state index in [1.54, 1.807) is 6.07 Å². The van der Waals surface area contributed by atoms with Crippen molar-refractivity contribution in [3.8, 4) is 17.2 Å². The first-order valence-electron chi connectivity index (χ1n) is 11.2. The zero-order valence-corrected chi connectivity index (χ0v) is 19.2. The van der Waals surface area contributed by atoms with Crippen molar-refractivity contribution in [1.82, 2.24) is 15.4 Å². The van der Waals surface area contributed by atoms with Gasteiger partial charge in [0.1, 0.15) is 35.0 Å². The maximum absolute atomic E-state index is 13.2. The third-order valence-corrected chi connectivity index (χ3v) is 6.15. The van der Waals surface area contributed by atoms with Crippen molar-refractivity contribution in [2.75, 3.05) is 7.11 Å². The Hall–Kier alpha value is -3.51. The fourth-order valence-corrected chi connectivity index (χ4v) is 4.39. The molecule has 2 aromatic carbocycles. The van der Waals surface area contributed by atoms with Gasteiger partial charge in [0.05, 0.1) is 25.8 Å². The molecule has 0 unspecified atom stereocenters. The standard InChI is InChI=1S/C25H23F3N4O4/c1-34-19-8-6-16(15-7-9-21(25(26,27)28)31-23(15)19)24-30-17(20(11-29)36-24)12-35-32-22-14-5-3-2-4-13(14)10-18(22)33/h2-9,18,22,32-33H,10-12,29H2,1H3/t18-,22+/m1/s1. The van der Waals surface area contributed by atoms with Gasteiger partial charge in [-0.15, -0.1) is 0 Å². The smallest absolute Gasteiger partial charge is 0.433 e. The molecule has 2 heterocycles. The Bertz CT molecular complexity index is 1410. The molecule has 0 amide bonds. The number of aromatic nitrogens is 2. The lowest BCUT2D eigenvalue weighted by Crippen LogP contribution is -2.29. The maximum atomic E-state index is 13.2. The van der Waals surface area contributed by atoms with Crippen LogP contribution < -0.4 is 16.0 Å². The molecule has 4 N–H and O–H groups in total. The van der Waals surface area contributed by atoms with Crippen molar-refractivity contribution in [1.29, 1.82) is 0 Å². The number of fused-ring (bicyclic) bond motifs is 2. The van der Waals surface area contributed by atoms with E-state index in [0.717, 1.165) is 17.2 Å². The SMILES string of the molecule is COc1ccc(-c2nc(CON[C@H]3c4ccccc4C[C@H]3O)c(CN)o2)c2ccc(C(F)(F)F)nc12. The van der Waals surface area contributed by atoms with Gasteiger partial charge in [-0.3, -0.25) is 4.84 Å². The number of oxazole rings is 1. The predicted octanol–water partition coefficient (Wildman–Crippen LogP) is 4.06. The van der Waals surface area contributed by atoms with Gasteiger partial charge in [-0.1, -0.05) is 24.3 Å². The van der Waals surface area contributed by atoms with Gasteiger partial charge >= 0.3 is 6.18 Å². The van der Waals surface area contributed by atoms with E-state index in [-0.39, 0.29) is 30.3 Å². The van der Waals surface area contributed by atoms with E-state index in [1.807, 2.05) is 24.3 Å². The van der Waals surface area contributed by atoms with E-state index in [0.29, 0.717) is 28.8 Å². The predicted molar refractivity (Wildman–Crippen MR) is 124 cm³/mol. The van der Waals surface area contributed by atoms with Crippen molar-refractivity contribution in [2.24, 2.45) is 5.73 Å². The summed E-state index contributed by atoms with van der Waals surface area (Å²) in [6, 6.07) is 12.7. The van der Waals surface area contributed by atoms with Crippen LogP contribution in [0, 0.1) is 0 Å². The largest absolute Gasteiger partial charge is 0.494 e. The summed E-state index contributed by atoms with van der Waals surface area (Å²) in [5.74, 6) is 0.714. The number of pyridine rings is 1. The molecule has 1 aliphatic rings. The molecule has 0 saturated carbocycles. The van der Waals surface area contributed by atoms with E-state index in [2.05, 4.69) is 15.4 Å². The fraction of sp³-hybridized carbons (Fsp3) is 0.280. The molecule has 36 heavy (non-hydrogen) atoms. The molecular weight excluding hydrogens is 477 g/mol. The summed E-state index contributed by atoms with van der Waals surface area (Å²) >= 11 is 0. The molecule has 5 rings (SSSR count). The Balaban J connectivity index is 1.41. The van der Waals surface area contributed by atoms with Crippen molar-refractivity contribution in [3.05, 3.63) is 76.8 Å². The van der Waals surface area contributed by atoms with Crippen molar-refractivity contribution >= 4 is 10.9 Å². The van der Waals surface area contributed by atoms with Gasteiger partial charge in [0.2, 0.25) is 5.89 Å². The molecule has 0 aliphatic heterocycles. The average Bonchev–Trinajstić information content (AvgIpc) is 3.42. The number of nitrogens with two attached hydrogens (primary N) is 1. The Kier molecular flexibility index (Phi) is 6.39. The number of aliphatic hydroxyl groups is 1. The first-order chi connectivity index (χ1) is 17.3. The number of alkyl halides is 3. The van der Waals surface area contributed by atoms with Crippen molar-refractivity contribution < 1.29 is 32.3 Å². The second-order valence-corrected chi connectivity index (χ2v) is 8.35. The number of hydroxylamine groups is 1. The quantitative estimate of drug-likeness (QED) is 0.326. The number of hydrogen-bond donors (Lipinski definition) is 3. The summed E-state index contributed by atoms with van der Waals surface area (Å²) in [4.78, 5) is 13.9. The Morgan fingerprint density at radius 3 is 2.69 bits per heavy atom. The molecule has 0 saturated heterocycles. The zero-order valence-electron chi connectivity index (χ0n) is 19.2. The molecule has 0 fully saturated rings. The third kappa shape index (κ3) is 4.42. The lowest BCUT2D eigenvalue weighted by atomic mass is 10.1. The van der Waals surface area contributed by atoms with Gasteiger partial charge in [-0.25, -0.2) is 9.97 Å². The zero-order chi connectivity index (χ0) is 25.4. The normalized spacial score (nSPS) is 17.5. The highest BCUT2D eigenvalue weighted by molar-refractivity contribution is 5.96. The van der Waals surface area contributed by atoms with Crippen LogP contribution in [0.2, 0.25) is 0 Å². The maximum Gasteiger partial charge on any atom is 0.433 e. The molecule has 4 aromatic rings. The number of rotatable bonds is 7. The first-order valence-corrected chi connectivity index (χ1v) is 11.2. The van der Waals surface area contributed by atoms with Crippen LogP contribution >= 0.6 is 0 Å². The summed E-state index contributed by atoms with van der Waals surface area (Å²) < 4.78 is 50.8. The number of nitrogens with zero attached hydrogens (tertiary/aromatic N) is 2. The van der Waals surface area contributed by atoms with Crippen molar-refractivity contribution in [3.63, 3.8) is 0 Å². The monoisotopic (exact) mass is 500 g/mol. The van der Waals surface area contributed by atoms with Crippen LogP contribution in [0.3, 0.4) is 0 Å². The van der Waals surface area contributed by atoms with Crippen LogP contribution in [-0.2, 0) is 30.6 Å². The van der Waals surface area contributed by atoms with Gasteiger partial charge in [0, 0.05) is 17.4 Å². The minimum atomic E-state index is -4.60. The molecule has 11 heteroatoms. The van der Waals surface area contributed by atoms with Gasteiger partial charge in [-0.2, -0.15) is 18.7 Å². The second-order valence-electron chi connectivity index (χ2n) is 8.35. The Labute approximate surface area is 203 Å². The van der Waals surface area contributed by atoms with Crippen molar-refractivity contribution in [2.45, 2.75) is 37.9 Å². The van der Waals surface area contributed by atoms with E-state index < -0.39 is 24.0 Å². The molecule has 8 nitrogen and oxygen atoms in total. The van der Waals surface area contributed by atoms with Gasteiger partial charge in [-0.05, 0) is 35.4 Å². The van der Waals surface area contributed by atoms with Crippen LogP contribution in [0.25, 0.3) is 22.4 Å². The molecule has 1 aliphatic carbocycles. The Morgan fingerprint density at radius 2 is 1.94 bits per heavy atom. The summed E-state index contributed by atoms with van der Waals surface area (Å²) in [5.41, 5.74) is 10.6. The highest BCUT2D eigenvalue weighted by atomic mass is 19.4. The van der Waals surface area contributed by atoms with E-state index >= 15 is 0 Å². The number of hydrogen-bond acceptors (Lipinski definition) is 8. The highest BCUT2D eigenvalue weighted by Crippen LogP contribution is 2.37. The molecule has 0 bridgehead atoms. The van der Waals surface area contributed by atoms with E-state index in [1.165, 1.54) is 19.2 Å². The number of ether oxygens (including phenoxy) is 1. The minimum absolute atomic E-state index is 0.00796. The molecule has 2 atom stereocenters. The number of methoxy groups -OCH3 is 1. The third-order valence-electron chi connectivity index (χ3n) is 6.15. The lowest BCUT2D eigenvalue weighted by Gasteiger charge is -2.17. The number of aliphatic hydroxyl groups excluding tert-OH is 1. The van der Waals surface area contributed by atoms with Crippen LogP contribution in [0.15, 0.2) is 52.9 Å². The van der Waals surface area contributed by atoms with E-state index in [9.17, 15) is 18.3 Å². The van der Waals surface area contributed by atoms with E-state index in [4.69, 9.17) is 19.7 Å². The topological polar surface area (TPSA) is 116 Å². The van der Waals surface area contributed by atoms with Crippen LogP contribution in [-0.4, -0.2) is 28.3 Å². The first kappa shape index (κ1) is 24.2.